The number of ether oxygens (including phenoxy) is 1. The van der Waals surface area contributed by atoms with Crippen LogP contribution < -0.4 is 10.1 Å². The lowest BCUT2D eigenvalue weighted by atomic mass is 9.78. The Morgan fingerprint density at radius 2 is 1.65 bits per heavy atom. The Labute approximate surface area is 183 Å². The van der Waals surface area contributed by atoms with Gasteiger partial charge in [0.05, 0.1) is 6.54 Å². The van der Waals surface area contributed by atoms with Crippen molar-refractivity contribution in [3.8, 4) is 5.75 Å². The maximum Gasteiger partial charge on any atom is 0.325 e. The molecule has 6 heteroatoms. The van der Waals surface area contributed by atoms with Gasteiger partial charge in [0, 0.05) is 5.41 Å². The Morgan fingerprint density at radius 3 is 2.29 bits per heavy atom. The summed E-state index contributed by atoms with van der Waals surface area (Å²) in [6.45, 7) is 4.30. The maximum absolute atomic E-state index is 12.7. The fraction of sp³-hybridized carbons (Fsp3) is 0.440. The minimum atomic E-state index is -0.952. The summed E-state index contributed by atoms with van der Waals surface area (Å²) in [7, 11) is 0. The number of benzene rings is 2. The molecular formula is C25H30N2O4. The van der Waals surface area contributed by atoms with Gasteiger partial charge in [-0.15, -0.1) is 0 Å². The number of nitrogens with one attached hydrogen (secondary N) is 1. The largest absolute Gasteiger partial charge is 0.491 e. The lowest BCUT2D eigenvalue weighted by molar-refractivity contribution is -0.132. The third kappa shape index (κ3) is 4.17. The summed E-state index contributed by atoms with van der Waals surface area (Å²) in [5, 5.41) is 13.2. The van der Waals surface area contributed by atoms with Crippen molar-refractivity contribution in [1.29, 1.82) is 0 Å². The van der Waals surface area contributed by atoms with E-state index in [0.29, 0.717) is 18.6 Å². The van der Waals surface area contributed by atoms with E-state index in [9.17, 15) is 14.7 Å². The van der Waals surface area contributed by atoms with Gasteiger partial charge < -0.3 is 15.2 Å². The Morgan fingerprint density at radius 1 is 1.03 bits per heavy atom. The molecule has 1 heterocycles. The summed E-state index contributed by atoms with van der Waals surface area (Å²) in [6, 6.07) is 17.7. The number of carbonyl (C=O) groups is 2. The van der Waals surface area contributed by atoms with Crippen molar-refractivity contribution in [3.63, 3.8) is 0 Å². The molecule has 2 fully saturated rings. The van der Waals surface area contributed by atoms with Gasteiger partial charge in [0.1, 0.15) is 24.0 Å². The van der Waals surface area contributed by atoms with Gasteiger partial charge >= 0.3 is 6.03 Å². The van der Waals surface area contributed by atoms with Crippen LogP contribution in [0.25, 0.3) is 0 Å². The standard InChI is InChI=1S/C25H30N2O4/c1-24(2,18-8-4-3-5-9-18)19-10-12-21(13-11-19)31-17-20(28)16-27-22(29)25(26-23(27)30)14-6-7-15-25/h3-5,8-13,20,28H,6-7,14-17H2,1-2H3,(H,26,30). The Bertz CT molecular complexity index is 934. The zero-order valence-corrected chi connectivity index (χ0v) is 18.1. The molecule has 31 heavy (non-hydrogen) atoms. The third-order valence-electron chi connectivity index (χ3n) is 6.61. The smallest absolute Gasteiger partial charge is 0.325 e. The van der Waals surface area contributed by atoms with Crippen molar-refractivity contribution in [1.82, 2.24) is 10.2 Å². The highest BCUT2D eigenvalue weighted by Gasteiger charge is 2.52. The molecule has 2 aromatic carbocycles. The molecule has 1 unspecified atom stereocenters. The average molecular weight is 423 g/mol. The minimum absolute atomic E-state index is 0.00544. The zero-order chi connectivity index (χ0) is 22.1. The lowest BCUT2D eigenvalue weighted by Crippen LogP contribution is -2.45. The van der Waals surface area contributed by atoms with Gasteiger partial charge in [-0.2, -0.15) is 0 Å². The summed E-state index contributed by atoms with van der Waals surface area (Å²) < 4.78 is 5.72. The highest BCUT2D eigenvalue weighted by atomic mass is 16.5. The van der Waals surface area contributed by atoms with E-state index < -0.39 is 17.7 Å². The van der Waals surface area contributed by atoms with Crippen LogP contribution in [0.4, 0.5) is 4.79 Å². The second-order valence-electron chi connectivity index (χ2n) is 9.12. The van der Waals surface area contributed by atoms with E-state index in [1.54, 1.807) is 0 Å². The van der Waals surface area contributed by atoms with Crippen LogP contribution in [0.5, 0.6) is 5.75 Å². The van der Waals surface area contributed by atoms with Crippen LogP contribution in [0, 0.1) is 0 Å². The maximum atomic E-state index is 12.7. The van der Waals surface area contributed by atoms with Crippen molar-refractivity contribution < 1.29 is 19.4 Å². The van der Waals surface area contributed by atoms with Crippen LogP contribution in [-0.2, 0) is 10.2 Å². The van der Waals surface area contributed by atoms with Gasteiger partial charge in [0.15, 0.2) is 0 Å². The molecule has 3 amide bonds. The normalized spacial score (nSPS) is 19.0. The summed E-state index contributed by atoms with van der Waals surface area (Å²) in [5.74, 6) is 0.415. The van der Waals surface area contributed by atoms with Crippen LogP contribution in [-0.4, -0.2) is 46.7 Å². The third-order valence-corrected chi connectivity index (χ3v) is 6.61. The molecule has 1 aliphatic carbocycles. The van der Waals surface area contributed by atoms with Crippen molar-refractivity contribution in [2.45, 2.75) is 56.6 Å². The number of rotatable bonds is 7. The average Bonchev–Trinajstić information content (AvgIpc) is 3.34. The molecule has 0 bridgehead atoms. The van der Waals surface area contributed by atoms with E-state index >= 15 is 0 Å². The van der Waals surface area contributed by atoms with Crippen LogP contribution >= 0.6 is 0 Å². The van der Waals surface area contributed by atoms with Gasteiger partial charge in [-0.25, -0.2) is 4.79 Å². The van der Waals surface area contributed by atoms with Crippen molar-refractivity contribution in [2.75, 3.05) is 13.2 Å². The van der Waals surface area contributed by atoms with E-state index in [4.69, 9.17) is 4.74 Å². The number of urea groups is 1. The van der Waals surface area contributed by atoms with Gasteiger partial charge in [-0.1, -0.05) is 69.2 Å². The summed E-state index contributed by atoms with van der Waals surface area (Å²) in [5.41, 5.74) is 1.50. The molecule has 1 saturated heterocycles. The van der Waals surface area contributed by atoms with Crippen LogP contribution in [0.1, 0.15) is 50.7 Å². The first-order chi connectivity index (χ1) is 14.8. The van der Waals surface area contributed by atoms with E-state index in [-0.39, 0.29) is 24.5 Å². The number of amides is 3. The molecule has 2 aliphatic rings. The number of carbonyl (C=O) groups excluding carboxylic acids is 2. The molecule has 164 valence electrons. The highest BCUT2D eigenvalue weighted by molar-refractivity contribution is 6.07. The molecule has 1 aliphatic heterocycles. The molecule has 4 rings (SSSR count). The van der Waals surface area contributed by atoms with Crippen LogP contribution in [0.2, 0.25) is 0 Å². The SMILES string of the molecule is CC(C)(c1ccccc1)c1ccc(OCC(O)CN2C(=O)NC3(CCCC3)C2=O)cc1. The number of nitrogens with zero attached hydrogens (tertiary/aromatic N) is 1. The van der Waals surface area contributed by atoms with Crippen LogP contribution in [0.3, 0.4) is 0 Å². The molecule has 1 saturated carbocycles. The summed E-state index contributed by atoms with van der Waals surface area (Å²) in [6.07, 6.45) is 2.26. The second kappa shape index (κ2) is 8.35. The lowest BCUT2D eigenvalue weighted by Gasteiger charge is -2.26. The molecule has 6 nitrogen and oxygen atoms in total. The quantitative estimate of drug-likeness (QED) is 0.668. The first-order valence-electron chi connectivity index (χ1n) is 10.9. The van der Waals surface area contributed by atoms with Crippen LogP contribution in [0.15, 0.2) is 54.6 Å². The number of β-amino-alcohol motifs (C(OH)–C–C–N with tert-alkyl or cyclic N) is 1. The molecule has 0 radical (unpaired) electrons. The van der Waals surface area contributed by atoms with Crippen molar-refractivity contribution >= 4 is 11.9 Å². The van der Waals surface area contributed by atoms with Gasteiger partial charge in [0.25, 0.3) is 5.91 Å². The number of hydrogen-bond acceptors (Lipinski definition) is 4. The molecule has 2 N–H and O–H groups in total. The summed E-state index contributed by atoms with van der Waals surface area (Å²) >= 11 is 0. The molecule has 2 aromatic rings. The monoisotopic (exact) mass is 422 g/mol. The molecule has 1 spiro atoms. The molecule has 1 atom stereocenters. The predicted molar refractivity (Wildman–Crippen MR) is 118 cm³/mol. The number of imide groups is 1. The van der Waals surface area contributed by atoms with E-state index in [0.717, 1.165) is 23.3 Å². The summed E-state index contributed by atoms with van der Waals surface area (Å²) in [4.78, 5) is 26.1. The zero-order valence-electron chi connectivity index (χ0n) is 18.1. The Kier molecular flexibility index (Phi) is 5.75. The highest BCUT2D eigenvalue weighted by Crippen LogP contribution is 2.35. The molecule has 0 aromatic heterocycles. The number of hydrogen-bond donors (Lipinski definition) is 2. The number of aliphatic hydroxyl groups excluding tert-OH is 1. The Hall–Kier alpha value is -2.86. The van der Waals surface area contributed by atoms with E-state index in [2.05, 4.69) is 31.3 Å². The van der Waals surface area contributed by atoms with E-state index in [1.165, 1.54) is 5.56 Å². The fourth-order valence-electron chi connectivity index (χ4n) is 4.60. The minimum Gasteiger partial charge on any atom is -0.491 e. The van der Waals surface area contributed by atoms with Gasteiger partial charge in [0.2, 0.25) is 0 Å². The molecular weight excluding hydrogens is 392 g/mol. The van der Waals surface area contributed by atoms with Gasteiger partial charge in [-0.3, -0.25) is 9.69 Å². The van der Waals surface area contributed by atoms with Gasteiger partial charge in [-0.05, 0) is 36.1 Å². The van der Waals surface area contributed by atoms with Crippen molar-refractivity contribution in [3.05, 3.63) is 65.7 Å². The first kappa shape index (κ1) is 21.4. The Balaban J connectivity index is 1.33. The fourth-order valence-corrected chi connectivity index (χ4v) is 4.60. The van der Waals surface area contributed by atoms with E-state index in [1.807, 2.05) is 42.5 Å². The predicted octanol–water partition coefficient (Wildman–Crippen LogP) is 3.62. The first-order valence-corrected chi connectivity index (χ1v) is 10.9. The van der Waals surface area contributed by atoms with Crippen molar-refractivity contribution in [2.24, 2.45) is 0 Å². The number of aliphatic hydroxyl groups is 1. The topological polar surface area (TPSA) is 78.9 Å². The second-order valence-corrected chi connectivity index (χ2v) is 9.12.